The SMILES string of the molecule is CN(C)Cc1ccn(C)c(=O)c1. The second kappa shape index (κ2) is 3.54. The molecule has 0 saturated heterocycles. The number of rotatable bonds is 2. The van der Waals surface area contributed by atoms with E-state index in [2.05, 4.69) is 0 Å². The van der Waals surface area contributed by atoms with Crippen LogP contribution < -0.4 is 5.56 Å². The first kappa shape index (κ1) is 9.00. The van der Waals surface area contributed by atoms with Crippen LogP contribution in [0, 0.1) is 0 Å². The zero-order valence-electron chi connectivity index (χ0n) is 7.74. The molecule has 3 nitrogen and oxygen atoms in total. The van der Waals surface area contributed by atoms with Crippen LogP contribution in [0.3, 0.4) is 0 Å². The lowest BCUT2D eigenvalue weighted by Crippen LogP contribution is -2.18. The highest BCUT2D eigenvalue weighted by Crippen LogP contribution is 1.96. The molecule has 1 rings (SSSR count). The highest BCUT2D eigenvalue weighted by atomic mass is 16.1. The average Bonchev–Trinajstić information content (AvgIpc) is 1.96. The van der Waals surface area contributed by atoms with Gasteiger partial charge < -0.3 is 9.47 Å². The van der Waals surface area contributed by atoms with Gasteiger partial charge in [-0.1, -0.05) is 0 Å². The maximum Gasteiger partial charge on any atom is 0.250 e. The van der Waals surface area contributed by atoms with Crippen LogP contribution in [-0.2, 0) is 13.6 Å². The van der Waals surface area contributed by atoms with E-state index in [-0.39, 0.29) is 5.56 Å². The fourth-order valence-electron chi connectivity index (χ4n) is 1.05. The minimum Gasteiger partial charge on any atom is -0.319 e. The van der Waals surface area contributed by atoms with Crippen LogP contribution in [0.4, 0.5) is 0 Å². The number of hydrogen-bond donors (Lipinski definition) is 0. The summed E-state index contributed by atoms with van der Waals surface area (Å²) in [6.07, 6.45) is 1.79. The van der Waals surface area contributed by atoms with Crippen molar-refractivity contribution in [3.63, 3.8) is 0 Å². The molecule has 1 aromatic heterocycles. The van der Waals surface area contributed by atoms with Gasteiger partial charge in [-0.05, 0) is 25.7 Å². The third kappa shape index (κ3) is 2.20. The summed E-state index contributed by atoms with van der Waals surface area (Å²) in [6.45, 7) is 0.816. The van der Waals surface area contributed by atoms with E-state index in [1.54, 1.807) is 23.9 Å². The molecule has 0 aromatic carbocycles. The lowest BCUT2D eigenvalue weighted by Gasteiger charge is -2.09. The largest absolute Gasteiger partial charge is 0.319 e. The number of pyridine rings is 1. The van der Waals surface area contributed by atoms with Gasteiger partial charge in [-0.25, -0.2) is 0 Å². The Morgan fingerprint density at radius 3 is 2.67 bits per heavy atom. The molecule has 0 unspecified atom stereocenters. The smallest absolute Gasteiger partial charge is 0.250 e. The summed E-state index contributed by atoms with van der Waals surface area (Å²) >= 11 is 0. The van der Waals surface area contributed by atoms with Crippen molar-refractivity contribution < 1.29 is 0 Å². The summed E-state index contributed by atoms with van der Waals surface area (Å²) in [5.41, 5.74) is 1.11. The first-order chi connectivity index (χ1) is 5.59. The Kier molecular flexibility index (Phi) is 2.65. The monoisotopic (exact) mass is 166 g/mol. The number of aryl methyl sites for hydroxylation is 1. The van der Waals surface area contributed by atoms with Crippen LogP contribution in [0.5, 0.6) is 0 Å². The van der Waals surface area contributed by atoms with Crippen molar-refractivity contribution in [1.29, 1.82) is 0 Å². The van der Waals surface area contributed by atoms with Crippen molar-refractivity contribution in [2.24, 2.45) is 7.05 Å². The molecule has 0 N–H and O–H groups in total. The van der Waals surface area contributed by atoms with Crippen molar-refractivity contribution in [1.82, 2.24) is 9.47 Å². The van der Waals surface area contributed by atoms with E-state index < -0.39 is 0 Å². The van der Waals surface area contributed by atoms with E-state index in [0.717, 1.165) is 12.1 Å². The zero-order chi connectivity index (χ0) is 9.14. The van der Waals surface area contributed by atoms with Gasteiger partial charge in [-0.15, -0.1) is 0 Å². The van der Waals surface area contributed by atoms with Crippen LogP contribution in [0.2, 0.25) is 0 Å². The van der Waals surface area contributed by atoms with Crippen molar-refractivity contribution in [2.75, 3.05) is 14.1 Å². The fourth-order valence-corrected chi connectivity index (χ4v) is 1.05. The van der Waals surface area contributed by atoms with Crippen LogP contribution in [0.1, 0.15) is 5.56 Å². The van der Waals surface area contributed by atoms with Crippen molar-refractivity contribution in [3.05, 3.63) is 34.2 Å². The Morgan fingerprint density at radius 1 is 1.50 bits per heavy atom. The molecule has 0 aliphatic rings. The summed E-state index contributed by atoms with van der Waals surface area (Å²) in [4.78, 5) is 13.2. The van der Waals surface area contributed by atoms with Crippen LogP contribution >= 0.6 is 0 Å². The molecule has 0 fully saturated rings. The van der Waals surface area contributed by atoms with E-state index >= 15 is 0 Å². The van der Waals surface area contributed by atoms with Crippen LogP contribution in [0.25, 0.3) is 0 Å². The predicted octanol–water partition coefficient (Wildman–Crippen LogP) is 0.447. The maximum absolute atomic E-state index is 11.2. The van der Waals surface area contributed by atoms with Crippen molar-refractivity contribution >= 4 is 0 Å². The van der Waals surface area contributed by atoms with Gasteiger partial charge in [-0.2, -0.15) is 0 Å². The van der Waals surface area contributed by atoms with Gasteiger partial charge >= 0.3 is 0 Å². The number of aromatic nitrogens is 1. The predicted molar refractivity (Wildman–Crippen MR) is 49.1 cm³/mol. The molecule has 0 radical (unpaired) electrons. The summed E-state index contributed by atoms with van der Waals surface area (Å²) in [5, 5.41) is 0. The number of hydrogen-bond acceptors (Lipinski definition) is 2. The van der Waals surface area contributed by atoms with Crippen molar-refractivity contribution in [3.8, 4) is 0 Å². The van der Waals surface area contributed by atoms with Gasteiger partial charge in [0.1, 0.15) is 0 Å². The molecule has 0 bridgehead atoms. The third-order valence-electron chi connectivity index (χ3n) is 1.67. The fraction of sp³-hybridized carbons (Fsp3) is 0.444. The van der Waals surface area contributed by atoms with Gasteiger partial charge in [-0.3, -0.25) is 4.79 Å². The molecule has 0 aliphatic carbocycles. The van der Waals surface area contributed by atoms with Crippen LogP contribution in [0.15, 0.2) is 23.1 Å². The summed E-state index contributed by atoms with van der Waals surface area (Å²) in [5.74, 6) is 0. The number of nitrogens with zero attached hydrogens (tertiary/aromatic N) is 2. The van der Waals surface area contributed by atoms with Crippen molar-refractivity contribution in [2.45, 2.75) is 6.54 Å². The molecule has 3 heteroatoms. The standard InChI is InChI=1S/C9H14N2O/c1-10(2)7-8-4-5-11(3)9(12)6-8/h4-6H,7H2,1-3H3. The molecule has 0 aliphatic heterocycles. The first-order valence-corrected chi connectivity index (χ1v) is 3.90. The van der Waals surface area contributed by atoms with Gasteiger partial charge in [0.25, 0.3) is 5.56 Å². The Hall–Kier alpha value is -1.09. The lowest BCUT2D eigenvalue weighted by atomic mass is 10.2. The van der Waals surface area contributed by atoms with E-state index in [1.165, 1.54) is 0 Å². The molecule has 1 aromatic rings. The molecule has 66 valence electrons. The maximum atomic E-state index is 11.2. The Labute approximate surface area is 72.2 Å². The molecule has 0 atom stereocenters. The molecule has 1 heterocycles. The molecule has 0 amide bonds. The molecule has 12 heavy (non-hydrogen) atoms. The minimum absolute atomic E-state index is 0.0503. The van der Waals surface area contributed by atoms with Gasteiger partial charge in [0.15, 0.2) is 0 Å². The average molecular weight is 166 g/mol. The van der Waals surface area contributed by atoms with Gasteiger partial charge in [0.2, 0.25) is 0 Å². The summed E-state index contributed by atoms with van der Waals surface area (Å²) in [7, 11) is 5.72. The van der Waals surface area contributed by atoms with E-state index in [1.807, 2.05) is 25.1 Å². The van der Waals surface area contributed by atoms with Gasteiger partial charge in [0, 0.05) is 25.9 Å². The molecule has 0 spiro atoms. The van der Waals surface area contributed by atoms with Crippen LogP contribution in [-0.4, -0.2) is 23.6 Å². The Balaban J connectivity index is 2.90. The topological polar surface area (TPSA) is 25.2 Å². The van der Waals surface area contributed by atoms with E-state index in [4.69, 9.17) is 0 Å². The van der Waals surface area contributed by atoms with Gasteiger partial charge in [0.05, 0.1) is 0 Å². The minimum atomic E-state index is 0.0503. The second-order valence-corrected chi connectivity index (χ2v) is 3.22. The second-order valence-electron chi connectivity index (χ2n) is 3.22. The Morgan fingerprint density at radius 2 is 2.17 bits per heavy atom. The zero-order valence-corrected chi connectivity index (χ0v) is 7.74. The van der Waals surface area contributed by atoms with E-state index in [9.17, 15) is 4.79 Å². The normalized spacial score (nSPS) is 10.7. The molecular weight excluding hydrogens is 152 g/mol. The highest BCUT2D eigenvalue weighted by Gasteiger charge is 1.96. The third-order valence-corrected chi connectivity index (χ3v) is 1.67. The molecular formula is C9H14N2O. The Bertz CT molecular complexity index is 315. The quantitative estimate of drug-likeness (QED) is 0.637. The first-order valence-electron chi connectivity index (χ1n) is 3.90. The molecule has 0 saturated carbocycles. The summed E-state index contributed by atoms with van der Waals surface area (Å²) < 4.78 is 1.57. The lowest BCUT2D eigenvalue weighted by molar-refractivity contribution is 0.402. The highest BCUT2D eigenvalue weighted by molar-refractivity contribution is 5.10. The summed E-state index contributed by atoms with van der Waals surface area (Å²) in [6, 6.07) is 3.63. The van der Waals surface area contributed by atoms with E-state index in [0.29, 0.717) is 0 Å².